The maximum atomic E-state index is 12.3. The zero-order valence-electron chi connectivity index (χ0n) is 11.8. The van der Waals surface area contributed by atoms with Crippen molar-refractivity contribution in [1.29, 1.82) is 0 Å². The highest BCUT2D eigenvalue weighted by Crippen LogP contribution is 2.26. The van der Waals surface area contributed by atoms with Gasteiger partial charge in [0.25, 0.3) is 5.91 Å². The maximum absolute atomic E-state index is 12.3. The number of rotatable bonds is 3. The molecule has 0 radical (unpaired) electrons. The highest BCUT2D eigenvalue weighted by molar-refractivity contribution is 6.32. The van der Waals surface area contributed by atoms with Crippen LogP contribution in [-0.4, -0.2) is 26.0 Å². The molecule has 0 saturated heterocycles. The number of nitrogens with one attached hydrogen (secondary N) is 1. The Morgan fingerprint density at radius 3 is 2.48 bits per heavy atom. The number of amides is 1. The van der Waals surface area contributed by atoms with Gasteiger partial charge in [-0.15, -0.1) is 0 Å². The lowest BCUT2D eigenvalue weighted by atomic mass is 10.1. The molecule has 0 aliphatic heterocycles. The summed E-state index contributed by atoms with van der Waals surface area (Å²) in [7, 11) is 0. The third-order valence-electron chi connectivity index (χ3n) is 3.10. The number of aromatic nitrogens is 3. The quantitative estimate of drug-likeness (QED) is 0.570. The zero-order valence-corrected chi connectivity index (χ0v) is 12.5. The third-order valence-corrected chi connectivity index (χ3v) is 3.40. The number of anilines is 1. The molecular weight excluding hydrogens is 316 g/mol. The highest BCUT2D eigenvalue weighted by Gasteiger charge is 2.12. The summed E-state index contributed by atoms with van der Waals surface area (Å²) in [5.74, 6) is -0.208. The van der Waals surface area contributed by atoms with Gasteiger partial charge >= 0.3 is 0 Å². The topological polar surface area (TPSA) is 88.0 Å². The van der Waals surface area contributed by atoms with E-state index in [1.54, 1.807) is 30.6 Å². The first-order valence-corrected chi connectivity index (χ1v) is 7.02. The molecule has 2 heterocycles. The lowest BCUT2D eigenvalue weighted by Crippen LogP contribution is -2.12. The van der Waals surface area contributed by atoms with Crippen molar-refractivity contribution < 1.29 is 9.90 Å². The molecule has 114 valence electrons. The first kappa shape index (κ1) is 14.9. The van der Waals surface area contributed by atoms with Crippen molar-refractivity contribution in [1.82, 2.24) is 15.0 Å². The Labute approximate surface area is 136 Å². The molecule has 0 aliphatic rings. The van der Waals surface area contributed by atoms with Gasteiger partial charge in [-0.1, -0.05) is 11.6 Å². The van der Waals surface area contributed by atoms with Crippen molar-refractivity contribution in [3.05, 3.63) is 66.0 Å². The third kappa shape index (κ3) is 3.44. The molecule has 0 fully saturated rings. The van der Waals surface area contributed by atoms with Crippen molar-refractivity contribution in [3.63, 3.8) is 0 Å². The summed E-state index contributed by atoms with van der Waals surface area (Å²) in [6.07, 6.45) is 5.99. The number of nitrogens with zero attached hydrogens (tertiary/aromatic N) is 3. The largest absolute Gasteiger partial charge is 0.508 e. The van der Waals surface area contributed by atoms with Gasteiger partial charge in [-0.05, 0) is 30.3 Å². The highest BCUT2D eigenvalue weighted by atomic mass is 35.5. The van der Waals surface area contributed by atoms with E-state index in [9.17, 15) is 9.90 Å². The Kier molecular flexibility index (Phi) is 4.16. The first-order valence-electron chi connectivity index (χ1n) is 6.65. The fraction of sp³-hybridized carbons (Fsp3) is 0. The number of aromatic hydroxyl groups is 1. The molecule has 0 spiro atoms. The number of benzene rings is 1. The van der Waals surface area contributed by atoms with Crippen LogP contribution in [0.1, 0.15) is 10.4 Å². The molecule has 1 aromatic carbocycles. The summed E-state index contributed by atoms with van der Waals surface area (Å²) in [6, 6.07) is 7.81. The van der Waals surface area contributed by atoms with Crippen molar-refractivity contribution >= 4 is 23.2 Å². The van der Waals surface area contributed by atoms with Gasteiger partial charge in [0.15, 0.2) is 0 Å². The maximum Gasteiger partial charge on any atom is 0.257 e. The van der Waals surface area contributed by atoms with Gasteiger partial charge in [0.2, 0.25) is 0 Å². The fourth-order valence-corrected chi connectivity index (χ4v) is 2.17. The second-order valence-corrected chi connectivity index (χ2v) is 5.05. The molecule has 7 heteroatoms. The molecule has 0 bridgehead atoms. The van der Waals surface area contributed by atoms with E-state index in [4.69, 9.17) is 11.6 Å². The smallest absolute Gasteiger partial charge is 0.257 e. The molecule has 3 rings (SSSR count). The minimum atomic E-state index is -0.335. The van der Waals surface area contributed by atoms with Gasteiger partial charge < -0.3 is 10.4 Å². The molecule has 2 N–H and O–H groups in total. The van der Waals surface area contributed by atoms with Gasteiger partial charge in [0.1, 0.15) is 17.2 Å². The Morgan fingerprint density at radius 1 is 1.09 bits per heavy atom. The van der Waals surface area contributed by atoms with Crippen LogP contribution in [0.4, 0.5) is 5.69 Å². The number of phenolic OH excluding ortho intramolecular Hbond substituents is 1. The average Bonchev–Trinajstić information content (AvgIpc) is 2.58. The number of hydrogen-bond acceptors (Lipinski definition) is 5. The summed E-state index contributed by atoms with van der Waals surface area (Å²) in [5.41, 5.74) is 2.16. The summed E-state index contributed by atoms with van der Waals surface area (Å²) in [4.78, 5) is 24.2. The minimum absolute atomic E-state index is 0.127. The molecule has 0 atom stereocenters. The number of pyridine rings is 1. The predicted molar refractivity (Wildman–Crippen MR) is 86.3 cm³/mol. The second-order valence-electron chi connectivity index (χ2n) is 4.69. The molecule has 2 aromatic heterocycles. The van der Waals surface area contributed by atoms with Crippen LogP contribution in [0.25, 0.3) is 11.1 Å². The monoisotopic (exact) mass is 326 g/mol. The Hall–Kier alpha value is -2.99. The van der Waals surface area contributed by atoms with E-state index in [1.165, 1.54) is 24.7 Å². The summed E-state index contributed by atoms with van der Waals surface area (Å²) >= 11 is 6.09. The van der Waals surface area contributed by atoms with Crippen molar-refractivity contribution in [2.75, 3.05) is 5.32 Å². The zero-order chi connectivity index (χ0) is 16.2. The molecule has 3 aromatic rings. The Balaban J connectivity index is 1.88. The van der Waals surface area contributed by atoms with E-state index in [0.717, 1.165) is 0 Å². The van der Waals surface area contributed by atoms with Crippen LogP contribution in [-0.2, 0) is 0 Å². The molecule has 23 heavy (non-hydrogen) atoms. The van der Waals surface area contributed by atoms with Crippen molar-refractivity contribution in [2.24, 2.45) is 0 Å². The van der Waals surface area contributed by atoms with Crippen LogP contribution in [0.2, 0.25) is 5.15 Å². The Morgan fingerprint density at radius 2 is 1.78 bits per heavy atom. The molecule has 0 aliphatic carbocycles. The SMILES string of the molecule is O=C(Nc1ccc(O)cc1)c1cnc(Cl)c(-c2cncnc2)c1. The summed E-state index contributed by atoms with van der Waals surface area (Å²) < 4.78 is 0. The summed E-state index contributed by atoms with van der Waals surface area (Å²) in [6.45, 7) is 0. The second kappa shape index (κ2) is 6.41. The summed E-state index contributed by atoms with van der Waals surface area (Å²) in [5, 5.41) is 12.2. The van der Waals surface area contributed by atoms with Crippen LogP contribution in [0, 0.1) is 0 Å². The van der Waals surface area contributed by atoms with E-state index >= 15 is 0 Å². The molecule has 6 nitrogen and oxygen atoms in total. The lowest BCUT2D eigenvalue weighted by Gasteiger charge is -2.08. The Bertz CT molecular complexity index is 838. The van der Waals surface area contributed by atoms with Crippen molar-refractivity contribution in [3.8, 4) is 16.9 Å². The van der Waals surface area contributed by atoms with E-state index in [2.05, 4.69) is 20.3 Å². The average molecular weight is 327 g/mol. The number of carbonyl (C=O) groups excluding carboxylic acids is 1. The van der Waals surface area contributed by atoms with Crippen LogP contribution in [0.3, 0.4) is 0 Å². The molecule has 0 unspecified atom stereocenters. The van der Waals surface area contributed by atoms with E-state index in [0.29, 0.717) is 22.4 Å². The fourth-order valence-electron chi connectivity index (χ4n) is 1.96. The van der Waals surface area contributed by atoms with Gasteiger partial charge in [0, 0.05) is 35.4 Å². The van der Waals surface area contributed by atoms with Gasteiger partial charge in [-0.3, -0.25) is 4.79 Å². The van der Waals surface area contributed by atoms with E-state index in [1.807, 2.05) is 0 Å². The predicted octanol–water partition coefficient (Wildman–Crippen LogP) is 3.15. The lowest BCUT2D eigenvalue weighted by molar-refractivity contribution is 0.102. The van der Waals surface area contributed by atoms with Gasteiger partial charge in [0.05, 0.1) is 5.56 Å². The number of carbonyl (C=O) groups is 1. The standard InChI is InChI=1S/C16H11ClN4O2/c17-15-14(11-6-18-9-19-7-11)5-10(8-20-15)16(23)21-12-1-3-13(22)4-2-12/h1-9,22H,(H,21,23). The van der Waals surface area contributed by atoms with E-state index in [-0.39, 0.29) is 16.8 Å². The van der Waals surface area contributed by atoms with Gasteiger partial charge in [-0.2, -0.15) is 0 Å². The van der Waals surface area contributed by atoms with E-state index < -0.39 is 0 Å². The van der Waals surface area contributed by atoms with Crippen LogP contribution >= 0.6 is 11.6 Å². The number of phenols is 1. The molecule has 0 saturated carbocycles. The minimum Gasteiger partial charge on any atom is -0.508 e. The molecule has 1 amide bonds. The molecular formula is C16H11ClN4O2. The first-order chi connectivity index (χ1) is 11.1. The number of hydrogen-bond donors (Lipinski definition) is 2. The van der Waals surface area contributed by atoms with Crippen LogP contribution in [0.15, 0.2) is 55.2 Å². The van der Waals surface area contributed by atoms with Gasteiger partial charge in [-0.25, -0.2) is 15.0 Å². The normalized spacial score (nSPS) is 10.3. The van der Waals surface area contributed by atoms with Crippen LogP contribution in [0.5, 0.6) is 5.75 Å². The van der Waals surface area contributed by atoms with Crippen LogP contribution < -0.4 is 5.32 Å². The van der Waals surface area contributed by atoms with Crippen molar-refractivity contribution in [2.45, 2.75) is 0 Å². The number of halogens is 1.